The Balaban J connectivity index is 1.52. The van der Waals surface area contributed by atoms with Gasteiger partial charge in [0.1, 0.15) is 12.1 Å². The van der Waals surface area contributed by atoms with E-state index in [9.17, 15) is 10.2 Å². The summed E-state index contributed by atoms with van der Waals surface area (Å²) in [6.07, 6.45) is 2.41. The van der Waals surface area contributed by atoms with Crippen molar-refractivity contribution in [3.63, 3.8) is 0 Å². The zero-order chi connectivity index (χ0) is 20.0. The Morgan fingerprint density at radius 2 is 1.59 bits per heavy atom. The van der Waals surface area contributed by atoms with Gasteiger partial charge in [-0.3, -0.25) is 0 Å². The number of aliphatic hydroxyl groups is 2. The summed E-state index contributed by atoms with van der Waals surface area (Å²) >= 11 is 3.55. The highest BCUT2D eigenvalue weighted by atomic mass is 79.9. The van der Waals surface area contributed by atoms with E-state index in [-0.39, 0.29) is 13.2 Å². The number of hydrogen-bond acceptors (Lipinski definition) is 5. The number of halogens is 1. The van der Waals surface area contributed by atoms with Crippen LogP contribution < -0.4 is 5.32 Å². The quantitative estimate of drug-likeness (QED) is 0.372. The largest absolute Gasteiger partial charge is 0.392 e. The minimum absolute atomic E-state index is 0.139. The molecule has 0 spiro atoms. The first kappa shape index (κ1) is 18.2. The molecule has 3 N–H and O–H groups in total. The second-order valence-electron chi connectivity index (χ2n) is 7.15. The maximum absolute atomic E-state index is 9.63. The van der Waals surface area contributed by atoms with Crippen molar-refractivity contribution in [3.05, 3.63) is 81.6 Å². The molecule has 0 bridgehead atoms. The van der Waals surface area contributed by atoms with Crippen molar-refractivity contribution in [3.8, 4) is 11.1 Å². The zero-order valence-corrected chi connectivity index (χ0v) is 17.1. The number of aliphatic hydroxyl groups excluding tert-OH is 2. The first-order valence-corrected chi connectivity index (χ1v) is 10.1. The molecular weight excluding hydrogens is 430 g/mol. The Morgan fingerprint density at radius 1 is 0.862 bits per heavy atom. The Hall–Kier alpha value is -2.80. The van der Waals surface area contributed by atoms with Crippen LogP contribution in [0.1, 0.15) is 22.3 Å². The molecule has 5 nitrogen and oxygen atoms in total. The van der Waals surface area contributed by atoms with Gasteiger partial charge >= 0.3 is 0 Å². The lowest BCUT2D eigenvalue weighted by Gasteiger charge is -2.12. The van der Waals surface area contributed by atoms with Gasteiger partial charge in [0.25, 0.3) is 0 Å². The van der Waals surface area contributed by atoms with Crippen LogP contribution in [-0.4, -0.2) is 20.2 Å². The number of rotatable bonds is 4. The van der Waals surface area contributed by atoms with Crippen LogP contribution in [0.25, 0.3) is 22.0 Å². The van der Waals surface area contributed by atoms with E-state index in [1.165, 1.54) is 28.6 Å². The fourth-order valence-corrected chi connectivity index (χ4v) is 4.39. The molecule has 0 fully saturated rings. The third-order valence-corrected chi connectivity index (χ3v) is 5.90. The van der Waals surface area contributed by atoms with Gasteiger partial charge < -0.3 is 15.5 Å². The molecule has 1 heterocycles. The number of fused-ring (bicyclic) bond motifs is 4. The van der Waals surface area contributed by atoms with E-state index in [1.807, 2.05) is 6.07 Å². The number of nitrogens with zero attached hydrogens (tertiary/aromatic N) is 2. The molecule has 4 aromatic rings. The van der Waals surface area contributed by atoms with E-state index in [4.69, 9.17) is 0 Å². The van der Waals surface area contributed by atoms with Crippen LogP contribution in [0.5, 0.6) is 0 Å². The molecule has 0 amide bonds. The van der Waals surface area contributed by atoms with E-state index in [2.05, 4.69) is 67.6 Å². The van der Waals surface area contributed by atoms with Gasteiger partial charge in [-0.2, -0.15) is 0 Å². The van der Waals surface area contributed by atoms with Crippen LogP contribution in [0.3, 0.4) is 0 Å². The van der Waals surface area contributed by atoms with Gasteiger partial charge in [0, 0.05) is 15.5 Å². The number of hydrogen-bond donors (Lipinski definition) is 3. The minimum Gasteiger partial charge on any atom is -0.392 e. The molecule has 3 aromatic carbocycles. The number of aromatic nitrogens is 2. The lowest BCUT2D eigenvalue weighted by molar-refractivity contribution is 0.260. The normalized spacial score (nSPS) is 12.1. The summed E-state index contributed by atoms with van der Waals surface area (Å²) in [7, 11) is 0. The molecule has 0 radical (unpaired) electrons. The Kier molecular flexibility index (Phi) is 4.54. The third kappa shape index (κ3) is 3.19. The molecule has 29 heavy (non-hydrogen) atoms. The molecule has 144 valence electrons. The summed E-state index contributed by atoms with van der Waals surface area (Å²) in [5.41, 5.74) is 8.17. The maximum atomic E-state index is 9.63. The van der Waals surface area contributed by atoms with Gasteiger partial charge in [-0.25, -0.2) is 9.97 Å². The molecule has 1 aliphatic carbocycles. The smallest absolute Gasteiger partial charge is 0.141 e. The van der Waals surface area contributed by atoms with Crippen molar-refractivity contribution in [1.82, 2.24) is 9.97 Å². The molecule has 0 aliphatic heterocycles. The zero-order valence-electron chi connectivity index (χ0n) is 15.5. The van der Waals surface area contributed by atoms with E-state index >= 15 is 0 Å². The van der Waals surface area contributed by atoms with Gasteiger partial charge in [0.15, 0.2) is 0 Å². The summed E-state index contributed by atoms with van der Waals surface area (Å²) in [5, 5.41) is 23.4. The highest BCUT2D eigenvalue weighted by Crippen LogP contribution is 2.39. The fraction of sp³-hybridized carbons (Fsp3) is 0.130. The standard InChI is InChI=1S/C23H18BrN3O2/c24-17-1-3-19-13(6-17)5-14-7-18(2-4-20(14)19)27-23-21-8-15(10-28)16(11-29)9-22(21)25-12-26-23/h1-4,6-9,12,28-29H,5,10-11H2,(H,25,26,27). The average Bonchev–Trinajstić information content (AvgIpc) is 3.09. The van der Waals surface area contributed by atoms with Crippen molar-refractivity contribution in [2.45, 2.75) is 19.6 Å². The van der Waals surface area contributed by atoms with Crippen molar-refractivity contribution in [1.29, 1.82) is 0 Å². The van der Waals surface area contributed by atoms with Crippen molar-refractivity contribution < 1.29 is 10.2 Å². The van der Waals surface area contributed by atoms with Gasteiger partial charge in [0.05, 0.1) is 18.7 Å². The molecular formula is C23H18BrN3O2. The highest BCUT2D eigenvalue weighted by Gasteiger charge is 2.19. The van der Waals surface area contributed by atoms with Crippen LogP contribution in [-0.2, 0) is 19.6 Å². The predicted octanol–water partition coefficient (Wildman–Crippen LogP) is 4.69. The van der Waals surface area contributed by atoms with Crippen molar-refractivity contribution >= 4 is 38.3 Å². The summed E-state index contributed by atoms with van der Waals surface area (Å²) in [6.45, 7) is -0.285. The Bertz CT molecular complexity index is 1260. The summed E-state index contributed by atoms with van der Waals surface area (Å²) in [6, 6.07) is 16.4. The second-order valence-corrected chi connectivity index (χ2v) is 8.07. The van der Waals surface area contributed by atoms with Gasteiger partial charge in [0.2, 0.25) is 0 Å². The number of benzene rings is 3. The monoisotopic (exact) mass is 447 g/mol. The minimum atomic E-state index is -0.146. The van der Waals surface area contributed by atoms with Crippen LogP contribution in [0.4, 0.5) is 11.5 Å². The summed E-state index contributed by atoms with van der Waals surface area (Å²) in [4.78, 5) is 8.72. The summed E-state index contributed by atoms with van der Waals surface area (Å²) in [5.74, 6) is 0.674. The maximum Gasteiger partial charge on any atom is 0.141 e. The second kappa shape index (κ2) is 7.22. The molecule has 0 atom stereocenters. The topological polar surface area (TPSA) is 78.3 Å². The summed E-state index contributed by atoms with van der Waals surface area (Å²) < 4.78 is 1.09. The van der Waals surface area contributed by atoms with Crippen molar-refractivity contribution in [2.75, 3.05) is 5.32 Å². The lowest BCUT2D eigenvalue weighted by Crippen LogP contribution is -2.00. The molecule has 0 saturated heterocycles. The van der Waals surface area contributed by atoms with E-state index in [1.54, 1.807) is 6.07 Å². The van der Waals surface area contributed by atoms with Crippen LogP contribution >= 0.6 is 15.9 Å². The van der Waals surface area contributed by atoms with Gasteiger partial charge in [-0.15, -0.1) is 0 Å². The predicted molar refractivity (Wildman–Crippen MR) is 117 cm³/mol. The van der Waals surface area contributed by atoms with Gasteiger partial charge in [-0.1, -0.05) is 28.1 Å². The number of anilines is 2. The molecule has 0 unspecified atom stereocenters. The lowest BCUT2D eigenvalue weighted by atomic mass is 10.0. The molecule has 1 aliphatic rings. The van der Waals surface area contributed by atoms with E-state index in [0.29, 0.717) is 16.9 Å². The fourth-order valence-electron chi connectivity index (χ4n) is 3.98. The molecule has 1 aromatic heterocycles. The number of nitrogens with one attached hydrogen (secondary N) is 1. The molecule has 0 saturated carbocycles. The van der Waals surface area contributed by atoms with E-state index in [0.717, 1.165) is 27.5 Å². The average molecular weight is 448 g/mol. The van der Waals surface area contributed by atoms with Crippen LogP contribution in [0.15, 0.2) is 59.3 Å². The van der Waals surface area contributed by atoms with Crippen LogP contribution in [0, 0.1) is 0 Å². The Labute approximate surface area is 176 Å². The van der Waals surface area contributed by atoms with Crippen molar-refractivity contribution in [2.24, 2.45) is 0 Å². The first-order valence-electron chi connectivity index (χ1n) is 9.33. The molecule has 6 heteroatoms. The van der Waals surface area contributed by atoms with Gasteiger partial charge in [-0.05, 0) is 76.2 Å². The molecule has 5 rings (SSSR count). The first-order chi connectivity index (χ1) is 14.2. The van der Waals surface area contributed by atoms with E-state index < -0.39 is 0 Å². The Morgan fingerprint density at radius 3 is 2.38 bits per heavy atom. The highest BCUT2D eigenvalue weighted by molar-refractivity contribution is 9.10. The SMILES string of the molecule is OCc1cc2ncnc(Nc3ccc4c(c3)Cc3cc(Br)ccc3-4)c2cc1CO. The third-order valence-electron chi connectivity index (χ3n) is 5.40. The van der Waals surface area contributed by atoms with Crippen LogP contribution in [0.2, 0.25) is 0 Å².